The fourth-order valence-corrected chi connectivity index (χ4v) is 2.46. The van der Waals surface area contributed by atoms with Crippen LogP contribution in [0.25, 0.3) is 0 Å². The Hall–Kier alpha value is -1.39. The molecule has 104 valence electrons. The third-order valence-corrected chi connectivity index (χ3v) is 3.69. The third kappa shape index (κ3) is 4.33. The zero-order chi connectivity index (χ0) is 13.7. The van der Waals surface area contributed by atoms with Gasteiger partial charge in [0.1, 0.15) is 0 Å². The molecule has 1 aromatic carbocycles. The maximum absolute atomic E-state index is 11.8. The van der Waals surface area contributed by atoms with Crippen LogP contribution in [0.1, 0.15) is 18.9 Å². The molecule has 0 spiro atoms. The maximum Gasteiger partial charge on any atom is 0.234 e. The molecule has 2 N–H and O–H groups in total. The molecule has 1 saturated heterocycles. The van der Waals surface area contributed by atoms with Gasteiger partial charge in [0.25, 0.3) is 0 Å². The highest BCUT2D eigenvalue weighted by atomic mass is 16.3. The van der Waals surface area contributed by atoms with E-state index in [1.54, 1.807) is 0 Å². The molecule has 0 bridgehead atoms. The number of nitrogens with zero attached hydrogens (tertiary/aromatic N) is 1. The molecule has 1 aromatic rings. The first kappa shape index (κ1) is 14.0. The first-order valence-corrected chi connectivity index (χ1v) is 6.86. The van der Waals surface area contributed by atoms with Crippen molar-refractivity contribution in [3.05, 3.63) is 35.9 Å². The van der Waals surface area contributed by atoms with Gasteiger partial charge in [-0.15, -0.1) is 0 Å². The lowest BCUT2D eigenvalue weighted by atomic mass is 10.0. The van der Waals surface area contributed by atoms with Crippen LogP contribution in [0.2, 0.25) is 0 Å². The number of carbonyl (C=O) groups is 1. The minimum absolute atomic E-state index is 0.0510. The number of aliphatic hydroxyl groups is 1. The lowest BCUT2D eigenvalue weighted by molar-refractivity contribution is -0.122. The van der Waals surface area contributed by atoms with E-state index in [1.165, 1.54) is 0 Å². The minimum Gasteiger partial charge on any atom is -0.393 e. The van der Waals surface area contributed by atoms with Gasteiger partial charge in [-0.2, -0.15) is 0 Å². The Morgan fingerprint density at radius 3 is 2.84 bits per heavy atom. The summed E-state index contributed by atoms with van der Waals surface area (Å²) in [4.78, 5) is 13.9. The Kier molecular flexibility index (Phi) is 4.93. The molecular formula is C15H22N2O2. The van der Waals surface area contributed by atoms with Crippen LogP contribution in [0.4, 0.5) is 0 Å². The molecule has 2 atom stereocenters. The van der Waals surface area contributed by atoms with E-state index in [0.717, 1.165) is 25.1 Å². The van der Waals surface area contributed by atoms with Crippen LogP contribution in [0.15, 0.2) is 30.3 Å². The number of nitrogens with one attached hydrogen (secondary N) is 1. The Bertz CT molecular complexity index is 406. The Balaban J connectivity index is 1.71. The molecule has 4 nitrogen and oxygen atoms in total. The van der Waals surface area contributed by atoms with Gasteiger partial charge in [-0.05, 0) is 31.4 Å². The molecule has 0 aliphatic carbocycles. The van der Waals surface area contributed by atoms with Crippen LogP contribution in [0.5, 0.6) is 0 Å². The second-order valence-electron chi connectivity index (χ2n) is 5.29. The number of aliphatic hydroxyl groups excluding tert-OH is 1. The lowest BCUT2D eigenvalue weighted by Gasteiger charge is -2.16. The average molecular weight is 262 g/mol. The van der Waals surface area contributed by atoms with Crippen LogP contribution in [-0.4, -0.2) is 41.7 Å². The molecule has 0 saturated carbocycles. The van der Waals surface area contributed by atoms with Gasteiger partial charge in [0, 0.05) is 13.1 Å². The SMILES string of the molecule is CC(O)C1CCN(CC(=O)NCc2ccccc2)C1. The van der Waals surface area contributed by atoms with Gasteiger partial charge in [0.2, 0.25) is 5.91 Å². The molecule has 0 radical (unpaired) electrons. The van der Waals surface area contributed by atoms with E-state index >= 15 is 0 Å². The fourth-order valence-electron chi connectivity index (χ4n) is 2.46. The lowest BCUT2D eigenvalue weighted by Crippen LogP contribution is -2.36. The quantitative estimate of drug-likeness (QED) is 0.832. The van der Waals surface area contributed by atoms with Crippen molar-refractivity contribution < 1.29 is 9.90 Å². The number of amides is 1. The summed E-state index contributed by atoms with van der Waals surface area (Å²) in [5.41, 5.74) is 1.11. The number of hydrogen-bond donors (Lipinski definition) is 2. The molecule has 1 fully saturated rings. The summed E-state index contributed by atoms with van der Waals surface area (Å²) in [5.74, 6) is 0.358. The Morgan fingerprint density at radius 2 is 2.21 bits per heavy atom. The van der Waals surface area contributed by atoms with Crippen molar-refractivity contribution in [1.29, 1.82) is 0 Å². The van der Waals surface area contributed by atoms with Crippen molar-refractivity contribution in [1.82, 2.24) is 10.2 Å². The molecular weight excluding hydrogens is 240 g/mol. The Morgan fingerprint density at radius 1 is 1.47 bits per heavy atom. The van der Waals surface area contributed by atoms with Gasteiger partial charge in [0.15, 0.2) is 0 Å². The molecule has 1 amide bonds. The summed E-state index contributed by atoms with van der Waals surface area (Å²) >= 11 is 0. The van der Waals surface area contributed by atoms with Gasteiger partial charge in [-0.3, -0.25) is 9.69 Å². The number of likely N-dealkylation sites (tertiary alicyclic amines) is 1. The highest BCUT2D eigenvalue weighted by Crippen LogP contribution is 2.18. The van der Waals surface area contributed by atoms with E-state index in [-0.39, 0.29) is 12.0 Å². The molecule has 1 aliphatic rings. The third-order valence-electron chi connectivity index (χ3n) is 3.69. The van der Waals surface area contributed by atoms with Gasteiger partial charge in [0.05, 0.1) is 12.6 Å². The van der Waals surface area contributed by atoms with Crippen molar-refractivity contribution in [2.24, 2.45) is 5.92 Å². The zero-order valence-electron chi connectivity index (χ0n) is 11.4. The molecule has 1 heterocycles. The van der Waals surface area contributed by atoms with Crippen LogP contribution in [-0.2, 0) is 11.3 Å². The standard InChI is InChI=1S/C15H22N2O2/c1-12(18)14-7-8-17(10-14)11-15(19)16-9-13-5-3-2-4-6-13/h2-6,12,14,18H,7-11H2,1H3,(H,16,19). The number of hydrogen-bond acceptors (Lipinski definition) is 3. The smallest absolute Gasteiger partial charge is 0.234 e. The fraction of sp³-hybridized carbons (Fsp3) is 0.533. The van der Waals surface area contributed by atoms with E-state index in [0.29, 0.717) is 19.0 Å². The van der Waals surface area contributed by atoms with E-state index in [9.17, 15) is 9.90 Å². The van der Waals surface area contributed by atoms with E-state index in [4.69, 9.17) is 0 Å². The van der Waals surface area contributed by atoms with Gasteiger partial charge >= 0.3 is 0 Å². The maximum atomic E-state index is 11.8. The molecule has 1 aliphatic heterocycles. The topological polar surface area (TPSA) is 52.6 Å². The predicted molar refractivity (Wildman–Crippen MR) is 74.5 cm³/mol. The summed E-state index contributed by atoms with van der Waals surface area (Å²) < 4.78 is 0. The Labute approximate surface area is 114 Å². The predicted octanol–water partition coefficient (Wildman–Crippen LogP) is 1.01. The molecule has 2 unspecified atom stereocenters. The monoisotopic (exact) mass is 262 g/mol. The van der Waals surface area contributed by atoms with Crippen molar-refractivity contribution >= 4 is 5.91 Å². The van der Waals surface area contributed by atoms with E-state index in [1.807, 2.05) is 37.3 Å². The van der Waals surface area contributed by atoms with E-state index in [2.05, 4.69) is 10.2 Å². The summed E-state index contributed by atoms with van der Waals surface area (Å²) in [6, 6.07) is 9.90. The first-order valence-electron chi connectivity index (χ1n) is 6.86. The summed E-state index contributed by atoms with van der Waals surface area (Å²) in [7, 11) is 0. The van der Waals surface area contributed by atoms with Gasteiger partial charge < -0.3 is 10.4 Å². The van der Waals surface area contributed by atoms with Crippen LogP contribution in [0.3, 0.4) is 0 Å². The van der Waals surface area contributed by atoms with E-state index < -0.39 is 0 Å². The molecule has 2 rings (SSSR count). The summed E-state index contributed by atoms with van der Waals surface area (Å²) in [6.45, 7) is 4.54. The van der Waals surface area contributed by atoms with Crippen LogP contribution < -0.4 is 5.32 Å². The van der Waals surface area contributed by atoms with Crippen molar-refractivity contribution in [3.63, 3.8) is 0 Å². The number of carbonyl (C=O) groups excluding carboxylic acids is 1. The molecule has 0 aromatic heterocycles. The summed E-state index contributed by atoms with van der Waals surface area (Å²) in [5, 5.41) is 12.5. The van der Waals surface area contributed by atoms with Crippen LogP contribution in [0, 0.1) is 5.92 Å². The second kappa shape index (κ2) is 6.68. The highest BCUT2D eigenvalue weighted by molar-refractivity contribution is 5.78. The minimum atomic E-state index is -0.280. The van der Waals surface area contributed by atoms with Crippen molar-refractivity contribution in [2.45, 2.75) is 26.0 Å². The largest absolute Gasteiger partial charge is 0.393 e. The van der Waals surface area contributed by atoms with Gasteiger partial charge in [-0.1, -0.05) is 30.3 Å². The van der Waals surface area contributed by atoms with Crippen LogP contribution >= 0.6 is 0 Å². The molecule has 4 heteroatoms. The first-order chi connectivity index (χ1) is 9.15. The normalized spacial score (nSPS) is 21.3. The van der Waals surface area contributed by atoms with Gasteiger partial charge in [-0.25, -0.2) is 0 Å². The zero-order valence-corrected chi connectivity index (χ0v) is 11.4. The summed E-state index contributed by atoms with van der Waals surface area (Å²) in [6.07, 6.45) is 0.696. The number of benzene rings is 1. The van der Waals surface area contributed by atoms with Crippen molar-refractivity contribution in [3.8, 4) is 0 Å². The second-order valence-corrected chi connectivity index (χ2v) is 5.29. The number of rotatable bonds is 5. The van der Waals surface area contributed by atoms with Crippen molar-refractivity contribution in [2.75, 3.05) is 19.6 Å². The molecule has 19 heavy (non-hydrogen) atoms. The highest BCUT2D eigenvalue weighted by Gasteiger charge is 2.26. The average Bonchev–Trinajstić information content (AvgIpc) is 2.86.